The molecule has 0 aromatic heterocycles. The van der Waals surface area contributed by atoms with Gasteiger partial charge in [0.15, 0.2) is 5.78 Å². The quantitative estimate of drug-likeness (QED) is 0.762. The van der Waals surface area contributed by atoms with Crippen molar-refractivity contribution in [1.82, 2.24) is 9.62 Å². The first-order chi connectivity index (χ1) is 10.7. The highest BCUT2D eigenvalue weighted by molar-refractivity contribution is 7.89. The number of likely N-dealkylation sites (N-methyl/N-ethyl adjacent to an activating group) is 1. The minimum atomic E-state index is -3.76. The van der Waals surface area contributed by atoms with E-state index in [0.29, 0.717) is 11.5 Å². The molecule has 1 saturated carbocycles. The van der Waals surface area contributed by atoms with Gasteiger partial charge < -0.3 is 5.32 Å². The summed E-state index contributed by atoms with van der Waals surface area (Å²) in [5.41, 5.74) is 0.447. The Kier molecular flexibility index (Phi) is 5.21. The number of carbonyl (C=O) groups is 2. The number of sulfonamides is 1. The standard InChI is InChI=1S/C16H22N2O4S/c1-11(13-4-5-13)17-16(20)10-18(3)23(21,22)15-8-6-14(7-9-15)12(2)19/h6-9,11,13H,4-5,10H2,1-3H3,(H,17,20). The molecular weight excluding hydrogens is 316 g/mol. The Morgan fingerprint density at radius 2 is 1.83 bits per heavy atom. The Morgan fingerprint density at radius 3 is 2.30 bits per heavy atom. The van der Waals surface area contributed by atoms with Crippen LogP contribution in [0.15, 0.2) is 29.2 Å². The summed E-state index contributed by atoms with van der Waals surface area (Å²) in [4.78, 5) is 23.3. The fourth-order valence-corrected chi connectivity index (χ4v) is 3.47. The van der Waals surface area contributed by atoms with Gasteiger partial charge in [0, 0.05) is 18.7 Å². The summed E-state index contributed by atoms with van der Waals surface area (Å²) in [5, 5.41) is 2.83. The van der Waals surface area contributed by atoms with E-state index in [9.17, 15) is 18.0 Å². The number of ketones is 1. The molecule has 7 heteroatoms. The van der Waals surface area contributed by atoms with Crippen LogP contribution in [-0.2, 0) is 14.8 Å². The highest BCUT2D eigenvalue weighted by Crippen LogP contribution is 2.32. The van der Waals surface area contributed by atoms with E-state index in [2.05, 4.69) is 5.32 Å². The van der Waals surface area contributed by atoms with Crippen LogP contribution >= 0.6 is 0 Å². The predicted octanol–water partition coefficient (Wildman–Crippen LogP) is 1.42. The predicted molar refractivity (Wildman–Crippen MR) is 86.6 cm³/mol. The van der Waals surface area contributed by atoms with Crippen molar-refractivity contribution in [3.05, 3.63) is 29.8 Å². The summed E-state index contributed by atoms with van der Waals surface area (Å²) in [7, 11) is -2.39. The average Bonchev–Trinajstić information content (AvgIpc) is 3.31. The number of rotatable bonds is 7. The number of carbonyl (C=O) groups excluding carboxylic acids is 2. The van der Waals surface area contributed by atoms with E-state index in [0.717, 1.165) is 17.1 Å². The van der Waals surface area contributed by atoms with Gasteiger partial charge in [0.25, 0.3) is 0 Å². The number of benzene rings is 1. The Bertz CT molecular complexity index is 693. The normalized spacial score (nSPS) is 16.2. The molecule has 126 valence electrons. The topological polar surface area (TPSA) is 83.6 Å². The molecule has 0 bridgehead atoms. The van der Waals surface area contributed by atoms with Crippen LogP contribution in [0.3, 0.4) is 0 Å². The van der Waals surface area contributed by atoms with Crippen LogP contribution in [0, 0.1) is 5.92 Å². The highest BCUT2D eigenvalue weighted by Gasteiger charge is 2.30. The van der Waals surface area contributed by atoms with Gasteiger partial charge in [0.05, 0.1) is 11.4 Å². The largest absolute Gasteiger partial charge is 0.352 e. The molecule has 2 rings (SSSR count). The van der Waals surface area contributed by atoms with Crippen molar-refractivity contribution >= 4 is 21.7 Å². The SMILES string of the molecule is CC(=O)c1ccc(S(=O)(=O)N(C)CC(=O)NC(C)C2CC2)cc1. The van der Waals surface area contributed by atoms with Gasteiger partial charge in [-0.15, -0.1) is 0 Å². The molecule has 6 nitrogen and oxygen atoms in total. The first-order valence-electron chi connectivity index (χ1n) is 7.58. The van der Waals surface area contributed by atoms with Crippen LogP contribution in [0.5, 0.6) is 0 Å². The Labute approximate surface area is 136 Å². The van der Waals surface area contributed by atoms with Gasteiger partial charge in [0.1, 0.15) is 0 Å². The lowest BCUT2D eigenvalue weighted by molar-refractivity contribution is -0.121. The molecule has 1 aromatic rings. The summed E-state index contributed by atoms with van der Waals surface area (Å²) < 4.78 is 25.9. The van der Waals surface area contributed by atoms with Crippen LogP contribution in [0.2, 0.25) is 0 Å². The lowest BCUT2D eigenvalue weighted by Gasteiger charge is -2.19. The zero-order valence-corrected chi connectivity index (χ0v) is 14.4. The van der Waals surface area contributed by atoms with Crippen LogP contribution < -0.4 is 5.32 Å². The Morgan fingerprint density at radius 1 is 1.26 bits per heavy atom. The van der Waals surface area contributed by atoms with E-state index in [1.54, 1.807) is 0 Å². The number of nitrogens with zero attached hydrogens (tertiary/aromatic N) is 1. The molecule has 1 N–H and O–H groups in total. The van der Waals surface area contributed by atoms with Crippen LogP contribution in [0.25, 0.3) is 0 Å². The third-order valence-electron chi connectivity index (χ3n) is 4.05. The van der Waals surface area contributed by atoms with E-state index in [1.807, 2.05) is 6.92 Å². The maximum atomic E-state index is 12.4. The van der Waals surface area contributed by atoms with Gasteiger partial charge in [-0.1, -0.05) is 12.1 Å². The number of amides is 1. The maximum absolute atomic E-state index is 12.4. The summed E-state index contributed by atoms with van der Waals surface area (Å²) in [5.74, 6) is 0.0755. The molecule has 0 aliphatic heterocycles. The Balaban J connectivity index is 2.02. The second kappa shape index (κ2) is 6.80. The molecule has 23 heavy (non-hydrogen) atoms. The summed E-state index contributed by atoms with van der Waals surface area (Å²) in [6.07, 6.45) is 2.22. The summed E-state index contributed by atoms with van der Waals surface area (Å²) in [6.45, 7) is 3.12. The zero-order valence-electron chi connectivity index (χ0n) is 13.6. The average molecular weight is 338 g/mol. The minimum Gasteiger partial charge on any atom is -0.352 e. The maximum Gasteiger partial charge on any atom is 0.243 e. The van der Waals surface area contributed by atoms with Crippen molar-refractivity contribution in [3.8, 4) is 0 Å². The first kappa shape index (κ1) is 17.6. The number of nitrogens with one attached hydrogen (secondary N) is 1. The van der Waals surface area contributed by atoms with Gasteiger partial charge in [-0.05, 0) is 44.7 Å². The van der Waals surface area contributed by atoms with E-state index in [-0.39, 0.29) is 29.2 Å². The molecule has 0 radical (unpaired) electrons. The lowest BCUT2D eigenvalue weighted by atomic mass is 10.2. The van der Waals surface area contributed by atoms with Gasteiger partial charge in [0.2, 0.25) is 15.9 Å². The molecule has 1 aliphatic rings. The van der Waals surface area contributed by atoms with Crippen molar-refractivity contribution in [3.63, 3.8) is 0 Å². The number of hydrogen-bond acceptors (Lipinski definition) is 4. The molecule has 0 heterocycles. The van der Waals surface area contributed by atoms with Gasteiger partial charge in [-0.3, -0.25) is 9.59 Å². The third kappa shape index (κ3) is 4.39. The third-order valence-corrected chi connectivity index (χ3v) is 5.87. The number of Topliss-reactive ketones (excluding diaryl/α,β-unsaturated/α-hetero) is 1. The molecular formula is C16H22N2O4S. The fraction of sp³-hybridized carbons (Fsp3) is 0.500. The molecule has 0 spiro atoms. The summed E-state index contributed by atoms with van der Waals surface area (Å²) >= 11 is 0. The van der Waals surface area contributed by atoms with E-state index in [4.69, 9.17) is 0 Å². The second-order valence-electron chi connectivity index (χ2n) is 6.04. The first-order valence-corrected chi connectivity index (χ1v) is 9.02. The molecule has 1 amide bonds. The van der Waals surface area contributed by atoms with Crippen LogP contribution in [-0.4, -0.2) is 44.0 Å². The van der Waals surface area contributed by atoms with E-state index < -0.39 is 10.0 Å². The van der Waals surface area contributed by atoms with Crippen molar-refractivity contribution in [2.75, 3.05) is 13.6 Å². The van der Waals surface area contributed by atoms with Gasteiger partial charge >= 0.3 is 0 Å². The van der Waals surface area contributed by atoms with Gasteiger partial charge in [-0.25, -0.2) is 8.42 Å². The molecule has 1 fully saturated rings. The minimum absolute atomic E-state index is 0.0630. The number of hydrogen-bond donors (Lipinski definition) is 1. The lowest BCUT2D eigenvalue weighted by Crippen LogP contribution is -2.42. The molecule has 1 unspecified atom stereocenters. The molecule has 1 aromatic carbocycles. The van der Waals surface area contributed by atoms with Crippen molar-refractivity contribution in [1.29, 1.82) is 0 Å². The molecule has 1 atom stereocenters. The second-order valence-corrected chi connectivity index (χ2v) is 8.08. The summed E-state index contributed by atoms with van der Waals surface area (Å²) in [6, 6.07) is 5.78. The molecule has 0 saturated heterocycles. The van der Waals surface area contributed by atoms with Gasteiger partial charge in [-0.2, -0.15) is 4.31 Å². The van der Waals surface area contributed by atoms with Crippen molar-refractivity contribution < 1.29 is 18.0 Å². The van der Waals surface area contributed by atoms with Crippen molar-refractivity contribution in [2.24, 2.45) is 5.92 Å². The van der Waals surface area contributed by atoms with E-state index in [1.165, 1.54) is 38.2 Å². The van der Waals surface area contributed by atoms with E-state index >= 15 is 0 Å². The fourth-order valence-electron chi connectivity index (χ4n) is 2.34. The van der Waals surface area contributed by atoms with Crippen LogP contribution in [0.1, 0.15) is 37.0 Å². The van der Waals surface area contributed by atoms with Crippen molar-refractivity contribution in [2.45, 2.75) is 37.6 Å². The zero-order chi connectivity index (χ0) is 17.2. The highest BCUT2D eigenvalue weighted by atomic mass is 32.2. The Hall–Kier alpha value is -1.73. The smallest absolute Gasteiger partial charge is 0.243 e. The monoisotopic (exact) mass is 338 g/mol. The van der Waals surface area contributed by atoms with Crippen LogP contribution in [0.4, 0.5) is 0 Å². The molecule has 1 aliphatic carbocycles.